The van der Waals surface area contributed by atoms with E-state index in [0.717, 1.165) is 34.7 Å². The summed E-state index contributed by atoms with van der Waals surface area (Å²) in [6.07, 6.45) is 4.54. The van der Waals surface area contributed by atoms with Crippen molar-refractivity contribution < 1.29 is 14.7 Å². The Morgan fingerprint density at radius 3 is 2.31 bits per heavy atom. The second kappa shape index (κ2) is 10.7. The summed E-state index contributed by atoms with van der Waals surface area (Å²) in [4.78, 5) is 29.3. The average molecular weight is 482 g/mol. The van der Waals surface area contributed by atoms with E-state index in [2.05, 4.69) is 5.32 Å². The Morgan fingerprint density at radius 1 is 0.917 bits per heavy atom. The normalized spacial score (nSPS) is 17.1. The van der Waals surface area contributed by atoms with Crippen molar-refractivity contribution in [3.05, 3.63) is 102 Å². The van der Waals surface area contributed by atoms with Crippen molar-refractivity contribution in [3.63, 3.8) is 0 Å². The number of nitrogens with one attached hydrogen (secondary N) is 1. The molecule has 0 unspecified atom stereocenters. The van der Waals surface area contributed by atoms with Gasteiger partial charge in [-0.25, -0.2) is 0 Å². The fourth-order valence-corrected chi connectivity index (χ4v) is 5.10. The van der Waals surface area contributed by atoms with Crippen LogP contribution in [0.4, 0.5) is 0 Å². The predicted octanol–water partition coefficient (Wildman–Crippen LogP) is 4.83. The van der Waals surface area contributed by atoms with Crippen LogP contribution in [-0.4, -0.2) is 39.0 Å². The molecule has 0 aliphatic carbocycles. The molecule has 6 heteroatoms. The van der Waals surface area contributed by atoms with Crippen molar-refractivity contribution in [3.8, 4) is 5.88 Å². The molecule has 1 aliphatic rings. The molecule has 2 heterocycles. The van der Waals surface area contributed by atoms with Crippen molar-refractivity contribution in [1.29, 1.82) is 0 Å². The summed E-state index contributed by atoms with van der Waals surface area (Å²) in [5, 5.41) is 15.6. The summed E-state index contributed by atoms with van der Waals surface area (Å²) >= 11 is 0. The average Bonchev–Trinajstić information content (AvgIpc) is 3.13. The lowest BCUT2D eigenvalue weighted by Crippen LogP contribution is -2.52. The number of carbonyl (C=O) groups excluding carboxylic acids is 2. The van der Waals surface area contributed by atoms with Crippen LogP contribution in [0.25, 0.3) is 10.8 Å². The van der Waals surface area contributed by atoms with Crippen LogP contribution in [0.3, 0.4) is 0 Å². The highest BCUT2D eigenvalue weighted by atomic mass is 16.3. The van der Waals surface area contributed by atoms with Gasteiger partial charge in [0.05, 0.1) is 0 Å². The van der Waals surface area contributed by atoms with Crippen molar-refractivity contribution in [1.82, 2.24) is 14.8 Å². The zero-order valence-corrected chi connectivity index (χ0v) is 20.2. The third-order valence-corrected chi connectivity index (χ3v) is 7.02. The number of fused-ring (bicyclic) bond motifs is 1. The van der Waals surface area contributed by atoms with Gasteiger partial charge in [0, 0.05) is 36.5 Å². The number of nitrogens with zero attached hydrogens (tertiary/aromatic N) is 2. The molecule has 1 saturated heterocycles. The van der Waals surface area contributed by atoms with Gasteiger partial charge in [0.1, 0.15) is 12.1 Å². The lowest BCUT2D eigenvalue weighted by atomic mass is 10.0. The van der Waals surface area contributed by atoms with Crippen molar-refractivity contribution in [2.45, 2.75) is 44.3 Å². The molecule has 0 bridgehead atoms. The van der Waals surface area contributed by atoms with E-state index in [1.807, 2.05) is 91.1 Å². The number of aromatic hydroxyl groups is 1. The van der Waals surface area contributed by atoms with E-state index in [0.29, 0.717) is 25.9 Å². The Balaban J connectivity index is 1.44. The van der Waals surface area contributed by atoms with E-state index in [1.165, 1.54) is 0 Å². The minimum absolute atomic E-state index is 0.0962. The van der Waals surface area contributed by atoms with Crippen LogP contribution in [-0.2, 0) is 22.6 Å². The quantitative estimate of drug-likeness (QED) is 0.397. The van der Waals surface area contributed by atoms with Crippen LogP contribution in [0.2, 0.25) is 0 Å². The van der Waals surface area contributed by atoms with E-state index in [1.54, 1.807) is 9.47 Å². The number of rotatable bonds is 7. The zero-order chi connectivity index (χ0) is 24.9. The molecule has 6 nitrogen and oxygen atoms in total. The van der Waals surface area contributed by atoms with Gasteiger partial charge in [0.25, 0.3) is 0 Å². The minimum atomic E-state index is -0.642. The van der Waals surface area contributed by atoms with Crippen molar-refractivity contribution in [2.24, 2.45) is 0 Å². The monoisotopic (exact) mass is 481 g/mol. The SMILES string of the molecule is O=C(NCc1ccccc1)[C@@H](Cc1ccccc1)N1CCCC[C@H](n2cc3ccccc3c2O)C1=O. The number of likely N-dealkylation sites (tertiary alicyclic amines) is 1. The predicted molar refractivity (Wildman–Crippen MR) is 140 cm³/mol. The summed E-state index contributed by atoms with van der Waals surface area (Å²) in [7, 11) is 0. The molecule has 5 rings (SSSR count). The lowest BCUT2D eigenvalue weighted by molar-refractivity contribution is -0.142. The number of hydrogen-bond acceptors (Lipinski definition) is 3. The number of carbonyl (C=O) groups is 2. The first-order valence-electron chi connectivity index (χ1n) is 12.6. The third kappa shape index (κ3) is 4.98. The Bertz CT molecular complexity index is 1330. The first kappa shape index (κ1) is 23.7. The van der Waals surface area contributed by atoms with Crippen molar-refractivity contribution >= 4 is 22.6 Å². The van der Waals surface area contributed by atoms with Gasteiger partial charge in [0.2, 0.25) is 11.8 Å². The van der Waals surface area contributed by atoms with Crippen LogP contribution >= 0.6 is 0 Å². The summed E-state index contributed by atoms with van der Waals surface area (Å²) in [6, 6.07) is 26.0. The van der Waals surface area contributed by atoms with Crippen molar-refractivity contribution in [2.75, 3.05) is 6.54 Å². The van der Waals surface area contributed by atoms with Crippen LogP contribution in [0.5, 0.6) is 5.88 Å². The highest BCUT2D eigenvalue weighted by Gasteiger charge is 2.37. The number of benzene rings is 3. The Morgan fingerprint density at radius 2 is 1.58 bits per heavy atom. The fourth-order valence-electron chi connectivity index (χ4n) is 5.10. The summed E-state index contributed by atoms with van der Waals surface area (Å²) in [5.74, 6) is -0.198. The van der Waals surface area contributed by atoms with E-state index >= 15 is 0 Å². The van der Waals surface area contributed by atoms with E-state index in [9.17, 15) is 14.7 Å². The molecule has 36 heavy (non-hydrogen) atoms. The molecule has 184 valence electrons. The minimum Gasteiger partial charge on any atom is -0.494 e. The van der Waals surface area contributed by atoms with Gasteiger partial charge in [-0.05, 0) is 36.5 Å². The molecular formula is C30H31N3O3. The van der Waals surface area contributed by atoms with Gasteiger partial charge in [-0.1, -0.05) is 78.9 Å². The molecule has 0 radical (unpaired) electrons. The summed E-state index contributed by atoms with van der Waals surface area (Å²) in [5.41, 5.74) is 2.01. The fraction of sp³-hybridized carbons (Fsp3) is 0.267. The standard InChI is InChI=1S/C30H31N3O3/c34-28(31-20-23-13-5-2-6-14-23)27(19-22-11-3-1-4-12-22)32-18-10-9-17-26(30(32)36)33-21-24-15-7-8-16-25(24)29(33)35/h1-8,11-16,21,26-27,35H,9-10,17-20H2,(H,31,34)/t26-,27+/m0/s1. The number of hydrogen-bond donors (Lipinski definition) is 2. The summed E-state index contributed by atoms with van der Waals surface area (Å²) in [6.45, 7) is 0.910. The van der Waals surface area contributed by atoms with Crippen LogP contribution in [0.1, 0.15) is 36.4 Å². The first-order chi connectivity index (χ1) is 17.6. The molecular weight excluding hydrogens is 450 g/mol. The van der Waals surface area contributed by atoms with Crippen LogP contribution in [0.15, 0.2) is 91.1 Å². The van der Waals surface area contributed by atoms with Crippen LogP contribution in [0, 0.1) is 0 Å². The first-order valence-corrected chi connectivity index (χ1v) is 12.6. The molecule has 2 N–H and O–H groups in total. The summed E-state index contributed by atoms with van der Waals surface area (Å²) < 4.78 is 1.69. The molecule has 3 aromatic carbocycles. The number of aromatic nitrogens is 1. The third-order valence-electron chi connectivity index (χ3n) is 7.02. The zero-order valence-electron chi connectivity index (χ0n) is 20.2. The Hall–Kier alpha value is -4.06. The maximum Gasteiger partial charge on any atom is 0.246 e. The highest BCUT2D eigenvalue weighted by Crippen LogP contribution is 2.34. The molecule has 4 aromatic rings. The molecule has 1 aromatic heterocycles. The Kier molecular flexibility index (Phi) is 7.03. The molecule has 0 saturated carbocycles. The Labute approximate surface area is 211 Å². The highest BCUT2D eigenvalue weighted by molar-refractivity contribution is 5.92. The van der Waals surface area contributed by atoms with Gasteiger partial charge < -0.3 is 19.9 Å². The second-order valence-corrected chi connectivity index (χ2v) is 9.40. The topological polar surface area (TPSA) is 74.6 Å². The van der Waals surface area contributed by atoms with Gasteiger partial charge in [-0.3, -0.25) is 9.59 Å². The van der Waals surface area contributed by atoms with E-state index < -0.39 is 12.1 Å². The molecule has 0 spiro atoms. The molecule has 1 aliphatic heterocycles. The lowest BCUT2D eigenvalue weighted by Gasteiger charge is -2.32. The van der Waals surface area contributed by atoms with E-state index in [-0.39, 0.29) is 17.7 Å². The maximum absolute atomic E-state index is 14.0. The largest absolute Gasteiger partial charge is 0.494 e. The van der Waals surface area contributed by atoms with Crippen LogP contribution < -0.4 is 5.32 Å². The van der Waals surface area contributed by atoms with Gasteiger partial charge in [-0.2, -0.15) is 0 Å². The smallest absolute Gasteiger partial charge is 0.246 e. The van der Waals surface area contributed by atoms with Gasteiger partial charge in [-0.15, -0.1) is 0 Å². The molecule has 2 amide bonds. The molecule has 2 atom stereocenters. The van der Waals surface area contributed by atoms with E-state index in [4.69, 9.17) is 0 Å². The number of amides is 2. The van der Waals surface area contributed by atoms with Gasteiger partial charge in [0.15, 0.2) is 5.88 Å². The second-order valence-electron chi connectivity index (χ2n) is 9.40. The molecule has 1 fully saturated rings. The maximum atomic E-state index is 14.0. The van der Waals surface area contributed by atoms with Gasteiger partial charge >= 0.3 is 0 Å².